The van der Waals surface area contributed by atoms with E-state index in [2.05, 4.69) is 0 Å². The number of nitrogens with two attached hydrogens (primary N) is 1. The number of likely N-dealkylation sites (tertiary alicyclic amines) is 1. The summed E-state index contributed by atoms with van der Waals surface area (Å²) < 4.78 is 39.8. The lowest BCUT2D eigenvalue weighted by Crippen LogP contribution is -2.51. The Bertz CT molecular complexity index is 527. The fraction of sp³-hybridized carbons (Fsp3) is 0.500. The van der Waals surface area contributed by atoms with E-state index in [0.717, 1.165) is 25.0 Å². The van der Waals surface area contributed by atoms with E-state index in [1.54, 1.807) is 0 Å². The van der Waals surface area contributed by atoms with Crippen LogP contribution in [-0.4, -0.2) is 29.9 Å². The van der Waals surface area contributed by atoms with Gasteiger partial charge in [-0.1, -0.05) is 6.92 Å². The first-order valence-corrected chi connectivity index (χ1v) is 6.62. The van der Waals surface area contributed by atoms with E-state index in [0.29, 0.717) is 6.54 Å². The second-order valence-corrected chi connectivity index (χ2v) is 5.14. The Kier molecular flexibility index (Phi) is 6.04. The van der Waals surface area contributed by atoms with E-state index < -0.39 is 28.9 Å². The van der Waals surface area contributed by atoms with Crippen LogP contribution in [-0.2, 0) is 0 Å². The van der Waals surface area contributed by atoms with Crippen LogP contribution in [0.15, 0.2) is 12.1 Å². The number of benzene rings is 1. The molecule has 2 rings (SSSR count). The lowest BCUT2D eigenvalue weighted by atomic mass is 9.90. The summed E-state index contributed by atoms with van der Waals surface area (Å²) in [4.78, 5) is 13.8. The maximum absolute atomic E-state index is 13.7. The van der Waals surface area contributed by atoms with E-state index in [9.17, 15) is 18.0 Å². The van der Waals surface area contributed by atoms with Crippen molar-refractivity contribution in [2.24, 2.45) is 11.7 Å². The topological polar surface area (TPSA) is 46.3 Å². The first kappa shape index (κ1) is 17.8. The second kappa shape index (κ2) is 7.13. The largest absolute Gasteiger partial charge is 0.334 e. The van der Waals surface area contributed by atoms with Gasteiger partial charge in [0.25, 0.3) is 5.91 Å². The number of piperidine rings is 1. The molecule has 1 aromatic rings. The Hall–Kier alpha value is -1.27. The normalized spacial score (nSPS) is 21.9. The van der Waals surface area contributed by atoms with E-state index in [1.807, 2.05) is 6.92 Å². The number of rotatable bonds is 2. The van der Waals surface area contributed by atoms with Crippen molar-refractivity contribution in [1.82, 2.24) is 4.90 Å². The fourth-order valence-corrected chi connectivity index (χ4v) is 2.71. The molecule has 1 fully saturated rings. The molecule has 21 heavy (non-hydrogen) atoms. The van der Waals surface area contributed by atoms with Crippen LogP contribution in [0.3, 0.4) is 0 Å². The monoisotopic (exact) mass is 322 g/mol. The highest BCUT2D eigenvalue weighted by Crippen LogP contribution is 2.25. The highest BCUT2D eigenvalue weighted by molar-refractivity contribution is 5.94. The molecule has 2 unspecified atom stereocenters. The van der Waals surface area contributed by atoms with Crippen molar-refractivity contribution in [3.63, 3.8) is 0 Å². The van der Waals surface area contributed by atoms with Crippen molar-refractivity contribution in [3.8, 4) is 0 Å². The van der Waals surface area contributed by atoms with Crippen LogP contribution in [0.25, 0.3) is 0 Å². The standard InChI is InChI=1S/C14H17F3N2O.ClH/c1-8-3-2-6-19(11(8)7-18)14(20)9-4-5-10(15)13(17)12(9)16;/h4-5,8,11H,2-3,6-7,18H2,1H3;1H. The van der Waals surface area contributed by atoms with Gasteiger partial charge >= 0.3 is 0 Å². The van der Waals surface area contributed by atoms with Crippen molar-refractivity contribution >= 4 is 18.3 Å². The Morgan fingerprint density at radius 2 is 2.00 bits per heavy atom. The predicted octanol–water partition coefficient (Wildman–Crippen LogP) is 2.73. The smallest absolute Gasteiger partial charge is 0.257 e. The number of carbonyl (C=O) groups is 1. The zero-order valence-corrected chi connectivity index (χ0v) is 12.4. The minimum absolute atomic E-state index is 0. The quantitative estimate of drug-likeness (QED) is 0.851. The third kappa shape index (κ3) is 3.32. The Morgan fingerprint density at radius 1 is 1.33 bits per heavy atom. The van der Waals surface area contributed by atoms with Gasteiger partial charge in [-0.3, -0.25) is 4.79 Å². The van der Waals surface area contributed by atoms with Crippen LogP contribution in [0.1, 0.15) is 30.1 Å². The number of halogens is 4. The molecule has 1 aliphatic heterocycles. The summed E-state index contributed by atoms with van der Waals surface area (Å²) in [6.45, 7) is 2.68. The molecule has 3 nitrogen and oxygen atoms in total. The van der Waals surface area contributed by atoms with Crippen molar-refractivity contribution in [1.29, 1.82) is 0 Å². The summed E-state index contributed by atoms with van der Waals surface area (Å²) in [5.74, 6) is -4.80. The minimum Gasteiger partial charge on any atom is -0.334 e. The van der Waals surface area contributed by atoms with Gasteiger partial charge in [-0.2, -0.15) is 0 Å². The summed E-state index contributed by atoms with van der Waals surface area (Å²) in [7, 11) is 0. The number of carbonyl (C=O) groups excluding carboxylic acids is 1. The molecule has 1 heterocycles. The molecule has 0 saturated carbocycles. The molecule has 1 amide bonds. The van der Waals surface area contributed by atoms with Gasteiger partial charge in [0.05, 0.1) is 5.56 Å². The molecule has 0 spiro atoms. The summed E-state index contributed by atoms with van der Waals surface area (Å²) in [6.07, 6.45) is 1.72. The van der Waals surface area contributed by atoms with Crippen LogP contribution in [0.5, 0.6) is 0 Å². The highest BCUT2D eigenvalue weighted by atomic mass is 35.5. The van der Waals surface area contributed by atoms with Gasteiger partial charge in [0, 0.05) is 19.1 Å². The molecule has 1 saturated heterocycles. The zero-order valence-electron chi connectivity index (χ0n) is 11.6. The number of hydrogen-bond donors (Lipinski definition) is 1. The third-order valence-corrected chi connectivity index (χ3v) is 3.88. The first-order chi connectivity index (χ1) is 9.47. The molecular weight excluding hydrogens is 305 g/mol. The maximum atomic E-state index is 13.7. The van der Waals surface area contributed by atoms with E-state index in [-0.39, 0.29) is 30.9 Å². The summed E-state index contributed by atoms with van der Waals surface area (Å²) in [5, 5.41) is 0. The molecule has 0 aliphatic carbocycles. The molecule has 7 heteroatoms. The van der Waals surface area contributed by atoms with Crippen LogP contribution in [0.4, 0.5) is 13.2 Å². The van der Waals surface area contributed by atoms with E-state index >= 15 is 0 Å². The number of amides is 1. The van der Waals surface area contributed by atoms with Gasteiger partial charge in [-0.15, -0.1) is 12.4 Å². The SMILES string of the molecule is CC1CCCN(C(=O)c2ccc(F)c(F)c2F)C1CN.Cl. The molecule has 1 aliphatic rings. The molecule has 0 radical (unpaired) electrons. The molecule has 0 aromatic heterocycles. The van der Waals surface area contributed by atoms with Crippen LogP contribution < -0.4 is 5.73 Å². The van der Waals surface area contributed by atoms with E-state index in [4.69, 9.17) is 5.73 Å². The number of hydrogen-bond acceptors (Lipinski definition) is 2. The zero-order chi connectivity index (χ0) is 14.9. The summed E-state index contributed by atoms with van der Waals surface area (Å²) >= 11 is 0. The lowest BCUT2D eigenvalue weighted by molar-refractivity contribution is 0.0526. The predicted molar refractivity (Wildman–Crippen MR) is 75.8 cm³/mol. The Labute approximate surface area is 127 Å². The van der Waals surface area contributed by atoms with Gasteiger partial charge < -0.3 is 10.6 Å². The Balaban J connectivity index is 0.00000220. The van der Waals surface area contributed by atoms with Gasteiger partial charge in [-0.25, -0.2) is 13.2 Å². The fourth-order valence-electron chi connectivity index (χ4n) is 2.71. The van der Waals surface area contributed by atoms with Crippen molar-refractivity contribution in [2.75, 3.05) is 13.1 Å². The molecule has 2 N–H and O–H groups in total. The van der Waals surface area contributed by atoms with Crippen LogP contribution >= 0.6 is 12.4 Å². The van der Waals surface area contributed by atoms with Crippen LogP contribution in [0.2, 0.25) is 0 Å². The van der Waals surface area contributed by atoms with Crippen molar-refractivity contribution < 1.29 is 18.0 Å². The van der Waals surface area contributed by atoms with Crippen molar-refractivity contribution in [2.45, 2.75) is 25.8 Å². The molecule has 2 atom stereocenters. The average Bonchev–Trinajstić information content (AvgIpc) is 2.44. The number of nitrogens with zero attached hydrogens (tertiary/aromatic N) is 1. The minimum atomic E-state index is -1.62. The molecular formula is C14H18ClF3N2O. The van der Waals surface area contributed by atoms with Gasteiger partial charge in [0.1, 0.15) is 0 Å². The Morgan fingerprint density at radius 3 is 2.62 bits per heavy atom. The summed E-state index contributed by atoms with van der Waals surface area (Å²) in [5.41, 5.74) is 5.22. The van der Waals surface area contributed by atoms with E-state index in [1.165, 1.54) is 4.90 Å². The van der Waals surface area contributed by atoms with Gasteiger partial charge in [0.15, 0.2) is 17.5 Å². The molecule has 118 valence electrons. The second-order valence-electron chi connectivity index (χ2n) is 5.14. The maximum Gasteiger partial charge on any atom is 0.257 e. The van der Waals surface area contributed by atoms with Gasteiger partial charge in [-0.05, 0) is 30.9 Å². The van der Waals surface area contributed by atoms with Crippen LogP contribution in [0, 0.1) is 23.4 Å². The third-order valence-electron chi connectivity index (χ3n) is 3.88. The average molecular weight is 323 g/mol. The lowest BCUT2D eigenvalue weighted by Gasteiger charge is -2.39. The first-order valence-electron chi connectivity index (χ1n) is 6.62. The summed E-state index contributed by atoms with van der Waals surface area (Å²) in [6, 6.07) is 1.53. The molecule has 1 aromatic carbocycles. The molecule has 0 bridgehead atoms. The van der Waals surface area contributed by atoms with Crippen molar-refractivity contribution in [3.05, 3.63) is 35.1 Å². The van der Waals surface area contributed by atoms with Gasteiger partial charge in [0.2, 0.25) is 0 Å². The highest BCUT2D eigenvalue weighted by Gasteiger charge is 2.33.